The van der Waals surface area contributed by atoms with Crippen molar-refractivity contribution in [2.75, 3.05) is 5.32 Å². The molecule has 0 bridgehead atoms. The second kappa shape index (κ2) is 6.70. The fraction of sp³-hybridized carbons (Fsp3) is 0.0588. The van der Waals surface area contributed by atoms with Gasteiger partial charge in [-0.3, -0.25) is 4.79 Å². The van der Waals surface area contributed by atoms with Crippen LogP contribution in [0.15, 0.2) is 65.0 Å². The molecule has 8 heteroatoms. The minimum Gasteiger partial charge on any atom is -0.462 e. The minimum atomic E-state index is -0.169. The molecule has 25 heavy (non-hydrogen) atoms. The van der Waals surface area contributed by atoms with E-state index in [0.717, 1.165) is 5.01 Å². The zero-order chi connectivity index (χ0) is 17.1. The van der Waals surface area contributed by atoms with E-state index < -0.39 is 0 Å². The summed E-state index contributed by atoms with van der Waals surface area (Å²) in [5.74, 6) is 1.10. The number of furan rings is 1. The van der Waals surface area contributed by atoms with Gasteiger partial charge in [-0.05, 0) is 30.3 Å². The van der Waals surface area contributed by atoms with Crippen molar-refractivity contribution in [2.24, 2.45) is 0 Å². The molecule has 0 unspecified atom stereocenters. The van der Waals surface area contributed by atoms with E-state index in [1.54, 1.807) is 47.7 Å². The van der Waals surface area contributed by atoms with Gasteiger partial charge in [-0.15, -0.1) is 11.3 Å². The van der Waals surface area contributed by atoms with E-state index in [1.165, 1.54) is 11.3 Å². The summed E-state index contributed by atoms with van der Waals surface area (Å²) >= 11 is 1.45. The van der Waals surface area contributed by atoms with Gasteiger partial charge in [0, 0.05) is 24.0 Å². The van der Waals surface area contributed by atoms with Crippen LogP contribution in [0.5, 0.6) is 0 Å². The number of pyridine rings is 1. The predicted molar refractivity (Wildman–Crippen MR) is 93.5 cm³/mol. The van der Waals surface area contributed by atoms with Crippen LogP contribution in [0.2, 0.25) is 0 Å². The monoisotopic (exact) mass is 351 g/mol. The SMILES string of the molecule is O=C(Cc1csc(-c2ccco2)n1)Nc1cccnc1-n1cccn1. The van der Waals surface area contributed by atoms with Gasteiger partial charge in [-0.1, -0.05) is 0 Å². The van der Waals surface area contributed by atoms with Crippen molar-refractivity contribution in [3.8, 4) is 16.6 Å². The Hall–Kier alpha value is -3.26. The molecule has 0 aliphatic carbocycles. The van der Waals surface area contributed by atoms with Crippen molar-refractivity contribution >= 4 is 22.9 Å². The molecule has 0 fully saturated rings. The lowest BCUT2D eigenvalue weighted by molar-refractivity contribution is -0.115. The summed E-state index contributed by atoms with van der Waals surface area (Å²) in [5.41, 5.74) is 1.29. The molecule has 0 atom stereocenters. The summed E-state index contributed by atoms with van der Waals surface area (Å²) in [6.45, 7) is 0. The van der Waals surface area contributed by atoms with Gasteiger partial charge in [-0.2, -0.15) is 5.10 Å². The summed E-state index contributed by atoms with van der Waals surface area (Å²) < 4.78 is 6.92. The molecular formula is C17H13N5O2S. The topological polar surface area (TPSA) is 85.8 Å². The zero-order valence-electron chi connectivity index (χ0n) is 13.0. The maximum atomic E-state index is 12.4. The van der Waals surface area contributed by atoms with Gasteiger partial charge in [-0.25, -0.2) is 14.6 Å². The molecule has 4 aromatic heterocycles. The van der Waals surface area contributed by atoms with E-state index >= 15 is 0 Å². The van der Waals surface area contributed by atoms with E-state index in [0.29, 0.717) is 23.0 Å². The number of aromatic nitrogens is 4. The first-order valence-corrected chi connectivity index (χ1v) is 8.41. The number of amides is 1. The van der Waals surface area contributed by atoms with Crippen LogP contribution < -0.4 is 5.32 Å². The third-order valence-electron chi connectivity index (χ3n) is 3.41. The van der Waals surface area contributed by atoms with Crippen LogP contribution in [0.1, 0.15) is 5.69 Å². The maximum absolute atomic E-state index is 12.4. The van der Waals surface area contributed by atoms with E-state index in [4.69, 9.17) is 4.42 Å². The molecule has 0 radical (unpaired) electrons. The Balaban J connectivity index is 1.48. The summed E-state index contributed by atoms with van der Waals surface area (Å²) in [7, 11) is 0. The second-order valence-electron chi connectivity index (χ2n) is 5.17. The van der Waals surface area contributed by atoms with Crippen molar-refractivity contribution in [1.29, 1.82) is 0 Å². The quantitative estimate of drug-likeness (QED) is 0.597. The van der Waals surface area contributed by atoms with Gasteiger partial charge in [0.2, 0.25) is 5.91 Å². The minimum absolute atomic E-state index is 0.169. The Morgan fingerprint density at radius 1 is 1.24 bits per heavy atom. The molecule has 0 aromatic carbocycles. The molecule has 0 saturated carbocycles. The highest BCUT2D eigenvalue weighted by Crippen LogP contribution is 2.24. The molecule has 0 saturated heterocycles. The molecule has 1 amide bonds. The van der Waals surface area contributed by atoms with Crippen molar-refractivity contribution in [1.82, 2.24) is 19.7 Å². The average Bonchev–Trinajstić information content (AvgIpc) is 3.37. The number of hydrogen-bond acceptors (Lipinski definition) is 6. The molecule has 0 aliphatic heterocycles. The van der Waals surface area contributed by atoms with Gasteiger partial charge in [0.15, 0.2) is 16.6 Å². The van der Waals surface area contributed by atoms with Gasteiger partial charge in [0.05, 0.1) is 24.1 Å². The number of carbonyl (C=O) groups is 1. The lowest BCUT2D eigenvalue weighted by atomic mass is 10.3. The van der Waals surface area contributed by atoms with E-state index in [9.17, 15) is 4.79 Å². The second-order valence-corrected chi connectivity index (χ2v) is 6.03. The van der Waals surface area contributed by atoms with Crippen LogP contribution in [0.4, 0.5) is 5.69 Å². The fourth-order valence-electron chi connectivity index (χ4n) is 2.33. The molecule has 0 aliphatic rings. The molecule has 4 rings (SSSR count). The Morgan fingerprint density at radius 3 is 3.00 bits per heavy atom. The van der Waals surface area contributed by atoms with Crippen LogP contribution in [0.25, 0.3) is 16.6 Å². The maximum Gasteiger partial charge on any atom is 0.230 e. The fourth-order valence-corrected chi connectivity index (χ4v) is 3.12. The summed E-state index contributed by atoms with van der Waals surface area (Å²) in [6, 6.07) is 9.00. The highest BCUT2D eigenvalue weighted by Gasteiger charge is 2.13. The number of hydrogen-bond donors (Lipinski definition) is 1. The Labute approximate surface area is 147 Å². The summed E-state index contributed by atoms with van der Waals surface area (Å²) in [4.78, 5) is 21.1. The van der Waals surface area contributed by atoms with Gasteiger partial charge in [0.1, 0.15) is 0 Å². The first-order chi connectivity index (χ1) is 12.3. The average molecular weight is 351 g/mol. The number of rotatable bonds is 5. The molecule has 124 valence electrons. The summed E-state index contributed by atoms with van der Waals surface area (Å²) in [6.07, 6.45) is 6.86. The summed E-state index contributed by atoms with van der Waals surface area (Å²) in [5, 5.41) is 9.63. The van der Waals surface area contributed by atoms with E-state index in [1.807, 2.05) is 17.5 Å². The van der Waals surface area contributed by atoms with Crippen molar-refractivity contribution in [2.45, 2.75) is 6.42 Å². The standard InChI is InChI=1S/C17H13N5O2S/c23-15(10-12-11-25-17(20-12)14-5-2-9-24-14)21-13-4-1-6-18-16(13)22-8-3-7-19-22/h1-9,11H,10H2,(H,21,23). The van der Waals surface area contributed by atoms with Gasteiger partial charge >= 0.3 is 0 Å². The van der Waals surface area contributed by atoms with Crippen LogP contribution in [0, 0.1) is 0 Å². The van der Waals surface area contributed by atoms with Crippen molar-refractivity contribution in [3.63, 3.8) is 0 Å². The first kappa shape index (κ1) is 15.3. The number of thiazole rings is 1. The highest BCUT2D eigenvalue weighted by molar-refractivity contribution is 7.13. The molecule has 4 heterocycles. The van der Waals surface area contributed by atoms with Crippen molar-refractivity contribution < 1.29 is 9.21 Å². The van der Waals surface area contributed by atoms with Crippen LogP contribution in [-0.4, -0.2) is 25.7 Å². The van der Waals surface area contributed by atoms with Gasteiger partial charge < -0.3 is 9.73 Å². The largest absolute Gasteiger partial charge is 0.462 e. The van der Waals surface area contributed by atoms with Crippen molar-refractivity contribution in [3.05, 3.63) is 66.3 Å². The number of nitrogens with zero attached hydrogens (tertiary/aromatic N) is 4. The Morgan fingerprint density at radius 2 is 2.20 bits per heavy atom. The third kappa shape index (κ3) is 3.33. The number of anilines is 1. The molecule has 1 N–H and O–H groups in total. The lowest BCUT2D eigenvalue weighted by Crippen LogP contribution is -2.16. The Bertz CT molecular complexity index is 976. The van der Waals surface area contributed by atoms with Crippen LogP contribution in [0.3, 0.4) is 0 Å². The molecule has 0 spiro atoms. The van der Waals surface area contributed by atoms with Gasteiger partial charge in [0.25, 0.3) is 0 Å². The smallest absolute Gasteiger partial charge is 0.230 e. The Kier molecular flexibility index (Phi) is 4.09. The molecule has 4 aromatic rings. The van der Waals surface area contributed by atoms with E-state index in [-0.39, 0.29) is 12.3 Å². The van der Waals surface area contributed by atoms with E-state index in [2.05, 4.69) is 20.4 Å². The molecule has 7 nitrogen and oxygen atoms in total. The third-order valence-corrected chi connectivity index (χ3v) is 4.31. The first-order valence-electron chi connectivity index (χ1n) is 7.53. The lowest BCUT2D eigenvalue weighted by Gasteiger charge is -2.09. The zero-order valence-corrected chi connectivity index (χ0v) is 13.8. The number of carbonyl (C=O) groups excluding carboxylic acids is 1. The highest BCUT2D eigenvalue weighted by atomic mass is 32.1. The predicted octanol–water partition coefficient (Wildman–Crippen LogP) is 3.17. The van der Waals surface area contributed by atoms with Crippen LogP contribution >= 0.6 is 11.3 Å². The normalized spacial score (nSPS) is 10.7. The molecular weight excluding hydrogens is 338 g/mol. The van der Waals surface area contributed by atoms with Crippen LogP contribution in [-0.2, 0) is 11.2 Å². The number of nitrogens with one attached hydrogen (secondary N) is 1.